The zero-order chi connectivity index (χ0) is 15.4. The van der Waals surface area contributed by atoms with E-state index >= 15 is 0 Å². The molecule has 2 aromatic carbocycles. The topological polar surface area (TPSA) is 96.9 Å². The fourth-order valence-electron chi connectivity index (χ4n) is 1.67. The number of amides is 1. The Labute approximate surface area is 129 Å². The average molecular weight is 342 g/mol. The normalized spacial score (nSPS) is 9.48. The lowest BCUT2D eigenvalue weighted by Gasteiger charge is -2.07. The third-order valence-electron chi connectivity index (χ3n) is 2.73. The summed E-state index contributed by atoms with van der Waals surface area (Å²) in [5, 5.41) is 29.9. The molecule has 0 unspecified atom stereocenters. The molecule has 0 atom stereocenters. The summed E-state index contributed by atoms with van der Waals surface area (Å²) in [6.45, 7) is 0. The van der Waals surface area contributed by atoms with Crippen molar-refractivity contribution in [2.75, 3.05) is 5.32 Å². The summed E-state index contributed by atoms with van der Waals surface area (Å²) in [6, 6.07) is 12.7. The van der Waals surface area contributed by atoms with Crippen LogP contribution in [0.1, 0.15) is 21.5 Å². The van der Waals surface area contributed by atoms with E-state index in [0.29, 0.717) is 10.2 Å². The van der Waals surface area contributed by atoms with E-state index in [1.54, 1.807) is 12.1 Å². The Bertz CT molecular complexity index is 804. The summed E-state index contributed by atoms with van der Waals surface area (Å²) in [7, 11) is 0. The number of nitriles is 2. The van der Waals surface area contributed by atoms with Crippen molar-refractivity contribution in [3.8, 4) is 17.9 Å². The van der Waals surface area contributed by atoms with Gasteiger partial charge in [-0.25, -0.2) is 0 Å². The van der Waals surface area contributed by atoms with E-state index in [-0.39, 0.29) is 22.4 Å². The molecule has 2 N–H and O–H groups in total. The quantitative estimate of drug-likeness (QED) is 0.876. The molecule has 0 fully saturated rings. The summed E-state index contributed by atoms with van der Waals surface area (Å²) in [5.41, 5.74) is 1.11. The van der Waals surface area contributed by atoms with Crippen LogP contribution in [0.25, 0.3) is 0 Å². The molecule has 0 heterocycles. The Kier molecular flexibility index (Phi) is 4.22. The predicted molar refractivity (Wildman–Crippen MR) is 79.6 cm³/mol. The molecule has 1 amide bonds. The third-order valence-corrected chi connectivity index (χ3v) is 3.40. The molecule has 102 valence electrons. The van der Waals surface area contributed by atoms with Gasteiger partial charge in [0.2, 0.25) is 0 Å². The van der Waals surface area contributed by atoms with Gasteiger partial charge in [0.1, 0.15) is 17.9 Å². The molecule has 0 spiro atoms. The van der Waals surface area contributed by atoms with Crippen LogP contribution in [0, 0.1) is 22.7 Å². The first-order valence-electron chi connectivity index (χ1n) is 5.79. The number of anilines is 1. The van der Waals surface area contributed by atoms with Crippen molar-refractivity contribution in [2.45, 2.75) is 0 Å². The van der Waals surface area contributed by atoms with Gasteiger partial charge in [-0.1, -0.05) is 0 Å². The van der Waals surface area contributed by atoms with Crippen molar-refractivity contribution < 1.29 is 9.90 Å². The van der Waals surface area contributed by atoms with Crippen LogP contribution < -0.4 is 5.32 Å². The van der Waals surface area contributed by atoms with Gasteiger partial charge in [-0.3, -0.25) is 4.79 Å². The van der Waals surface area contributed by atoms with Gasteiger partial charge < -0.3 is 10.4 Å². The fourth-order valence-corrected chi connectivity index (χ4v) is 1.92. The molecule has 0 aliphatic heterocycles. The molecule has 6 heteroatoms. The van der Waals surface area contributed by atoms with Crippen molar-refractivity contribution in [3.63, 3.8) is 0 Å². The molecular formula is C15H8BrN3O2. The molecule has 5 nitrogen and oxygen atoms in total. The van der Waals surface area contributed by atoms with E-state index in [9.17, 15) is 9.90 Å². The third kappa shape index (κ3) is 3.19. The van der Waals surface area contributed by atoms with Gasteiger partial charge in [-0.15, -0.1) is 0 Å². The number of carbonyl (C=O) groups excluding carboxylic acids is 1. The number of rotatable bonds is 2. The highest BCUT2D eigenvalue weighted by atomic mass is 79.9. The lowest BCUT2D eigenvalue weighted by atomic mass is 10.1. The monoisotopic (exact) mass is 341 g/mol. The lowest BCUT2D eigenvalue weighted by molar-refractivity contribution is 0.102. The van der Waals surface area contributed by atoms with E-state index in [1.807, 2.05) is 12.1 Å². The highest BCUT2D eigenvalue weighted by Gasteiger charge is 2.10. The molecule has 0 aliphatic carbocycles. The molecule has 0 bridgehead atoms. The van der Waals surface area contributed by atoms with E-state index in [4.69, 9.17) is 10.5 Å². The Morgan fingerprint density at radius 1 is 1.10 bits per heavy atom. The van der Waals surface area contributed by atoms with E-state index in [0.717, 1.165) is 0 Å². The maximum absolute atomic E-state index is 12.0. The van der Waals surface area contributed by atoms with Crippen molar-refractivity contribution in [1.29, 1.82) is 10.5 Å². The first kappa shape index (κ1) is 14.6. The number of nitrogens with zero attached hydrogens (tertiary/aromatic N) is 2. The molecule has 0 saturated heterocycles. The summed E-state index contributed by atoms with van der Waals surface area (Å²) in [4.78, 5) is 12.0. The van der Waals surface area contributed by atoms with Crippen LogP contribution in [-0.2, 0) is 0 Å². The average Bonchev–Trinajstić information content (AvgIpc) is 2.49. The summed E-state index contributed by atoms with van der Waals surface area (Å²) in [5.74, 6) is -0.466. The number of halogens is 1. The highest BCUT2D eigenvalue weighted by molar-refractivity contribution is 9.10. The van der Waals surface area contributed by atoms with Gasteiger partial charge in [0.15, 0.2) is 0 Å². The first-order valence-corrected chi connectivity index (χ1v) is 6.58. The van der Waals surface area contributed by atoms with Crippen LogP contribution in [-0.4, -0.2) is 11.0 Å². The van der Waals surface area contributed by atoms with Crippen molar-refractivity contribution in [3.05, 3.63) is 57.6 Å². The summed E-state index contributed by atoms with van der Waals surface area (Å²) < 4.78 is 0.490. The number of aromatic hydroxyl groups is 1. The molecular weight excluding hydrogens is 334 g/mol. The van der Waals surface area contributed by atoms with Crippen molar-refractivity contribution in [1.82, 2.24) is 0 Å². The predicted octanol–water partition coefficient (Wildman–Crippen LogP) is 3.15. The lowest BCUT2D eigenvalue weighted by Crippen LogP contribution is -2.12. The molecule has 2 rings (SSSR count). The largest absolute Gasteiger partial charge is 0.507 e. The van der Waals surface area contributed by atoms with Crippen molar-refractivity contribution in [2.24, 2.45) is 0 Å². The Hall–Kier alpha value is -2.83. The summed E-state index contributed by atoms with van der Waals surface area (Å²) >= 11 is 3.13. The van der Waals surface area contributed by atoms with Crippen LogP contribution in [0.3, 0.4) is 0 Å². The Balaban J connectivity index is 2.26. The van der Waals surface area contributed by atoms with Crippen LogP contribution in [0.5, 0.6) is 5.75 Å². The number of carbonyl (C=O) groups is 1. The zero-order valence-corrected chi connectivity index (χ0v) is 12.2. The Morgan fingerprint density at radius 2 is 1.81 bits per heavy atom. The van der Waals surface area contributed by atoms with Gasteiger partial charge in [0.05, 0.1) is 15.6 Å². The van der Waals surface area contributed by atoms with Gasteiger partial charge in [-0.2, -0.15) is 10.5 Å². The molecule has 0 radical (unpaired) electrons. The maximum atomic E-state index is 12.0. The minimum absolute atomic E-state index is 0.0415. The fraction of sp³-hybridized carbons (Fsp3) is 0. The number of phenolic OH excluding ortho intramolecular Hbond substituents is 1. The minimum Gasteiger partial charge on any atom is -0.507 e. The number of phenols is 1. The van der Waals surface area contributed by atoms with Gasteiger partial charge in [-0.05, 0) is 52.3 Å². The molecule has 0 saturated carbocycles. The van der Waals surface area contributed by atoms with Gasteiger partial charge in [0, 0.05) is 11.3 Å². The van der Waals surface area contributed by atoms with E-state index < -0.39 is 5.91 Å². The second-order valence-corrected chi connectivity index (χ2v) is 4.96. The van der Waals surface area contributed by atoms with E-state index in [2.05, 4.69) is 21.2 Å². The highest BCUT2D eigenvalue weighted by Crippen LogP contribution is 2.25. The SMILES string of the molecule is N#Cc1ccc(NC(=O)c2ccc(Br)c(O)c2)cc1C#N. The minimum atomic E-state index is -0.425. The van der Waals surface area contributed by atoms with Gasteiger partial charge >= 0.3 is 0 Å². The second-order valence-electron chi connectivity index (χ2n) is 4.10. The maximum Gasteiger partial charge on any atom is 0.255 e. The van der Waals surface area contributed by atoms with Crippen molar-refractivity contribution >= 4 is 27.5 Å². The van der Waals surface area contributed by atoms with Crippen LogP contribution in [0.4, 0.5) is 5.69 Å². The van der Waals surface area contributed by atoms with Crippen LogP contribution in [0.15, 0.2) is 40.9 Å². The van der Waals surface area contributed by atoms with Crippen LogP contribution in [0.2, 0.25) is 0 Å². The number of hydrogen-bond donors (Lipinski definition) is 2. The standard InChI is InChI=1S/C15H8BrN3O2/c16-13-4-2-9(6-14(13)20)15(21)19-12-3-1-10(7-17)11(5-12)8-18/h1-6,20H,(H,19,21). The Morgan fingerprint density at radius 3 is 2.43 bits per heavy atom. The van der Waals surface area contributed by atoms with Crippen LogP contribution >= 0.6 is 15.9 Å². The number of benzene rings is 2. The van der Waals surface area contributed by atoms with E-state index in [1.165, 1.54) is 24.3 Å². The molecule has 0 aliphatic rings. The smallest absolute Gasteiger partial charge is 0.255 e. The second kappa shape index (κ2) is 6.08. The molecule has 21 heavy (non-hydrogen) atoms. The first-order chi connectivity index (χ1) is 10.0. The van der Waals surface area contributed by atoms with Gasteiger partial charge in [0.25, 0.3) is 5.91 Å². The summed E-state index contributed by atoms with van der Waals surface area (Å²) in [6.07, 6.45) is 0. The molecule has 2 aromatic rings. The zero-order valence-electron chi connectivity index (χ0n) is 10.6. The molecule has 0 aromatic heterocycles. The number of nitrogens with one attached hydrogen (secondary N) is 1. The number of hydrogen-bond acceptors (Lipinski definition) is 4.